The molecule has 1 saturated heterocycles. The minimum Gasteiger partial charge on any atom is -0.462 e. The quantitative estimate of drug-likeness (QED) is 0.0259. The van der Waals surface area contributed by atoms with E-state index in [1.807, 2.05) is 0 Å². The van der Waals surface area contributed by atoms with Crippen LogP contribution in [0.2, 0.25) is 0 Å². The van der Waals surface area contributed by atoms with E-state index in [2.05, 4.69) is 13.8 Å². The average Bonchev–Trinajstić information content (AvgIpc) is 3.20. The topological polar surface area (TPSA) is 186 Å². The van der Waals surface area contributed by atoms with Gasteiger partial charge in [0.05, 0.1) is 6.61 Å². The zero-order valence-corrected chi connectivity index (χ0v) is 38.2. The Morgan fingerprint density at radius 3 is 1.24 bits per heavy atom. The Hall–Kier alpha value is -1.35. The van der Waals surface area contributed by atoms with E-state index in [-0.39, 0.29) is 19.4 Å². The molecule has 0 amide bonds. The first-order valence-corrected chi connectivity index (χ1v) is 25.7. The van der Waals surface area contributed by atoms with Crippen molar-refractivity contribution in [2.75, 3.05) is 19.0 Å². The molecule has 13 heteroatoms. The summed E-state index contributed by atoms with van der Waals surface area (Å²) in [5.74, 6) is -1.96. The van der Waals surface area contributed by atoms with Crippen LogP contribution >= 0.6 is 0 Å². The first kappa shape index (κ1) is 55.7. The van der Waals surface area contributed by atoms with Gasteiger partial charge in [0.2, 0.25) is 0 Å². The lowest BCUT2D eigenvalue weighted by Gasteiger charge is -2.40. The van der Waals surface area contributed by atoms with Gasteiger partial charge in [-0.05, 0) is 12.8 Å². The maximum Gasteiger partial charge on any atom is 0.306 e. The highest BCUT2D eigenvalue weighted by Crippen LogP contribution is 2.24. The van der Waals surface area contributed by atoms with E-state index < -0.39 is 71.2 Å². The maximum absolute atomic E-state index is 12.8. The minimum absolute atomic E-state index is 0.173. The van der Waals surface area contributed by atoms with E-state index in [0.29, 0.717) is 12.8 Å². The van der Waals surface area contributed by atoms with Crippen molar-refractivity contribution in [2.45, 2.75) is 263 Å². The first-order valence-electron chi connectivity index (χ1n) is 24.1. The van der Waals surface area contributed by atoms with E-state index in [1.54, 1.807) is 0 Å². The molecule has 1 rings (SSSR count). The standard InChI is InChI=1S/C46H88O12S/c1-3-5-7-9-11-13-15-16-17-18-19-20-21-22-23-25-27-29-31-33-35-42(48)57-39(36-55-41(47)34-32-30-28-26-24-14-12-10-8-6-4-2)37-56-46-45(51)44(50)43(49)40(58-46)38-59(52,53)54/h39-40,43-46,49-51H,3-38H2,1-2H3,(H,52,53,54). The fourth-order valence-electron chi connectivity index (χ4n) is 7.68. The fraction of sp³-hybridized carbons (Fsp3) is 0.957. The Bertz CT molecular complexity index is 1110. The van der Waals surface area contributed by atoms with Crippen molar-refractivity contribution in [2.24, 2.45) is 0 Å². The second-order valence-electron chi connectivity index (χ2n) is 17.1. The molecule has 350 valence electrons. The highest BCUT2D eigenvalue weighted by molar-refractivity contribution is 7.85. The van der Waals surface area contributed by atoms with Crippen LogP contribution in [0.15, 0.2) is 0 Å². The van der Waals surface area contributed by atoms with Gasteiger partial charge in [0.25, 0.3) is 10.1 Å². The summed E-state index contributed by atoms with van der Waals surface area (Å²) in [5.41, 5.74) is 0. The molecule has 0 aromatic heterocycles. The molecule has 4 N–H and O–H groups in total. The van der Waals surface area contributed by atoms with Crippen molar-refractivity contribution in [1.29, 1.82) is 0 Å². The van der Waals surface area contributed by atoms with Crippen LogP contribution in [-0.2, 0) is 38.7 Å². The third-order valence-corrected chi connectivity index (χ3v) is 12.2. The normalized spacial score (nSPS) is 20.1. The van der Waals surface area contributed by atoms with E-state index in [0.717, 1.165) is 38.5 Å². The smallest absolute Gasteiger partial charge is 0.306 e. The SMILES string of the molecule is CCCCCCCCCCCCCCCCCCCCCCC(=O)OC(COC(=O)CCCCCCCCCCCCC)COC1OC(CS(=O)(=O)O)C(O)C(O)C1O. The Morgan fingerprint density at radius 2 is 0.864 bits per heavy atom. The van der Waals surface area contributed by atoms with Crippen molar-refractivity contribution < 1.29 is 56.8 Å². The van der Waals surface area contributed by atoms with Crippen molar-refractivity contribution in [3.05, 3.63) is 0 Å². The van der Waals surface area contributed by atoms with Gasteiger partial charge in [-0.2, -0.15) is 8.42 Å². The molecule has 6 atom stereocenters. The number of hydrogen-bond acceptors (Lipinski definition) is 11. The van der Waals surface area contributed by atoms with Gasteiger partial charge in [-0.15, -0.1) is 0 Å². The molecule has 12 nitrogen and oxygen atoms in total. The Balaban J connectivity index is 2.36. The van der Waals surface area contributed by atoms with Gasteiger partial charge >= 0.3 is 11.9 Å². The molecule has 0 aromatic carbocycles. The third kappa shape index (κ3) is 32.1. The number of aliphatic hydroxyl groups is 3. The molecule has 0 spiro atoms. The summed E-state index contributed by atoms with van der Waals surface area (Å²) in [5, 5.41) is 30.9. The van der Waals surface area contributed by atoms with Crippen LogP contribution in [-0.4, -0.2) is 96.0 Å². The number of carbonyl (C=O) groups is 2. The molecule has 0 aromatic rings. The molecule has 1 aliphatic heterocycles. The highest BCUT2D eigenvalue weighted by Gasteiger charge is 2.46. The van der Waals surface area contributed by atoms with Crippen LogP contribution in [0, 0.1) is 0 Å². The summed E-state index contributed by atoms with van der Waals surface area (Å²) in [4.78, 5) is 25.4. The molecule has 0 bridgehead atoms. The zero-order valence-electron chi connectivity index (χ0n) is 37.4. The number of hydrogen-bond donors (Lipinski definition) is 4. The van der Waals surface area contributed by atoms with Crippen molar-refractivity contribution in [3.63, 3.8) is 0 Å². The van der Waals surface area contributed by atoms with E-state index in [4.69, 9.17) is 18.9 Å². The molecular weight excluding hydrogens is 777 g/mol. The molecule has 0 aliphatic carbocycles. The van der Waals surface area contributed by atoms with Gasteiger partial charge in [0, 0.05) is 12.8 Å². The lowest BCUT2D eigenvalue weighted by atomic mass is 10.00. The first-order chi connectivity index (χ1) is 28.5. The lowest BCUT2D eigenvalue weighted by molar-refractivity contribution is -0.297. The number of rotatable bonds is 41. The monoisotopic (exact) mass is 865 g/mol. The number of carbonyl (C=O) groups excluding carboxylic acids is 2. The summed E-state index contributed by atoms with van der Waals surface area (Å²) < 4.78 is 54.1. The summed E-state index contributed by atoms with van der Waals surface area (Å²) in [6.07, 6.45) is 28.7. The maximum atomic E-state index is 12.8. The van der Waals surface area contributed by atoms with Crippen LogP contribution in [0.3, 0.4) is 0 Å². The van der Waals surface area contributed by atoms with E-state index >= 15 is 0 Å². The van der Waals surface area contributed by atoms with Crippen LogP contribution in [0.5, 0.6) is 0 Å². The minimum atomic E-state index is -4.60. The summed E-state index contributed by atoms with van der Waals surface area (Å²) in [7, 11) is -4.60. The zero-order chi connectivity index (χ0) is 43.4. The van der Waals surface area contributed by atoms with Crippen molar-refractivity contribution in [3.8, 4) is 0 Å². The second-order valence-corrected chi connectivity index (χ2v) is 18.6. The molecular formula is C46H88O12S. The number of ether oxygens (including phenoxy) is 4. The molecule has 0 radical (unpaired) electrons. The predicted molar refractivity (Wildman–Crippen MR) is 234 cm³/mol. The fourth-order valence-corrected chi connectivity index (χ4v) is 8.37. The summed E-state index contributed by atoms with van der Waals surface area (Å²) >= 11 is 0. The van der Waals surface area contributed by atoms with Gasteiger partial charge in [0.15, 0.2) is 12.4 Å². The van der Waals surface area contributed by atoms with Crippen LogP contribution in [0.1, 0.15) is 226 Å². The Labute approximate surface area is 359 Å². The summed E-state index contributed by atoms with van der Waals surface area (Å²) in [6.45, 7) is 3.78. The van der Waals surface area contributed by atoms with Crippen LogP contribution in [0.25, 0.3) is 0 Å². The van der Waals surface area contributed by atoms with Gasteiger partial charge in [-0.1, -0.05) is 200 Å². The van der Waals surface area contributed by atoms with Gasteiger partial charge in [-0.3, -0.25) is 14.1 Å². The lowest BCUT2D eigenvalue weighted by Crippen LogP contribution is -2.60. The number of esters is 2. The van der Waals surface area contributed by atoms with Crippen molar-refractivity contribution >= 4 is 22.1 Å². The van der Waals surface area contributed by atoms with Crippen molar-refractivity contribution in [1.82, 2.24) is 0 Å². The highest BCUT2D eigenvalue weighted by atomic mass is 32.2. The molecule has 6 unspecified atom stereocenters. The molecule has 59 heavy (non-hydrogen) atoms. The van der Waals surface area contributed by atoms with Crippen LogP contribution in [0.4, 0.5) is 0 Å². The Morgan fingerprint density at radius 1 is 0.508 bits per heavy atom. The number of aliphatic hydroxyl groups excluding tert-OH is 3. The molecule has 0 saturated carbocycles. The largest absolute Gasteiger partial charge is 0.462 e. The van der Waals surface area contributed by atoms with Gasteiger partial charge in [-0.25, -0.2) is 0 Å². The van der Waals surface area contributed by atoms with E-state index in [1.165, 1.54) is 148 Å². The second kappa shape index (κ2) is 37.2. The third-order valence-electron chi connectivity index (χ3n) is 11.4. The molecule has 1 fully saturated rings. The van der Waals surface area contributed by atoms with Gasteiger partial charge < -0.3 is 34.3 Å². The average molecular weight is 865 g/mol. The predicted octanol–water partition coefficient (Wildman–Crippen LogP) is 10.1. The summed E-state index contributed by atoms with van der Waals surface area (Å²) in [6, 6.07) is 0. The molecule has 1 heterocycles. The van der Waals surface area contributed by atoms with E-state index in [9.17, 15) is 37.9 Å². The number of unbranched alkanes of at least 4 members (excludes halogenated alkanes) is 29. The Kier molecular flexibility index (Phi) is 35.1. The van der Waals surface area contributed by atoms with Crippen LogP contribution < -0.4 is 0 Å². The molecule has 1 aliphatic rings. The van der Waals surface area contributed by atoms with Gasteiger partial charge in [0.1, 0.15) is 36.8 Å².